The average Bonchev–Trinajstić information content (AvgIpc) is 3.36. The van der Waals surface area contributed by atoms with Crippen molar-refractivity contribution in [2.24, 2.45) is 0 Å². The second-order valence-electron chi connectivity index (χ2n) is 16.2. The number of benzene rings is 6. The molecule has 0 radical (unpaired) electrons. The fourth-order valence-corrected chi connectivity index (χ4v) is 8.05. The van der Waals surface area contributed by atoms with E-state index in [1.54, 1.807) is 0 Å². The SMILES string of the molecule is O[C@H]1[C@H](OC[C@H]2O[C@@H](O)[C@H](OCc3ccccc3)[C@@H](OCc3ccccc3)[C@@H]2OCc2ccccc2)O[C@H](COCc2ccccc2)[C@H](OCc2ccccc2)[C@@H]1OCc1ccccc1. The van der Waals surface area contributed by atoms with Crippen LogP contribution in [-0.2, 0) is 82.3 Å². The summed E-state index contributed by atoms with van der Waals surface area (Å²) in [5.41, 5.74) is 5.68. The molecule has 11 heteroatoms. The zero-order valence-corrected chi connectivity index (χ0v) is 36.3. The van der Waals surface area contributed by atoms with Gasteiger partial charge >= 0.3 is 0 Å². The van der Waals surface area contributed by atoms with Crippen LogP contribution in [0.25, 0.3) is 0 Å². The monoisotopic (exact) mass is 882 g/mol. The molecule has 11 nitrogen and oxygen atoms in total. The minimum absolute atomic E-state index is 0.114. The van der Waals surface area contributed by atoms with Gasteiger partial charge in [-0.15, -0.1) is 0 Å². The highest BCUT2D eigenvalue weighted by Gasteiger charge is 2.51. The lowest BCUT2D eigenvalue weighted by atomic mass is 9.97. The van der Waals surface area contributed by atoms with Crippen LogP contribution >= 0.6 is 0 Å². The van der Waals surface area contributed by atoms with Crippen molar-refractivity contribution in [1.29, 1.82) is 0 Å². The summed E-state index contributed by atoms with van der Waals surface area (Å²) in [6.45, 7) is 1.39. The summed E-state index contributed by atoms with van der Waals surface area (Å²) < 4.78 is 58.8. The number of hydrogen-bond acceptors (Lipinski definition) is 11. The number of aliphatic hydroxyl groups is 2. The summed E-state index contributed by atoms with van der Waals surface area (Å²) in [5, 5.41) is 24.0. The maximum Gasteiger partial charge on any atom is 0.186 e. The molecule has 2 heterocycles. The average molecular weight is 883 g/mol. The van der Waals surface area contributed by atoms with Crippen molar-refractivity contribution < 1.29 is 52.8 Å². The molecule has 0 aliphatic carbocycles. The van der Waals surface area contributed by atoms with Crippen molar-refractivity contribution in [2.75, 3.05) is 13.2 Å². The molecule has 0 spiro atoms. The van der Waals surface area contributed by atoms with Gasteiger partial charge in [-0.3, -0.25) is 0 Å². The van der Waals surface area contributed by atoms with Gasteiger partial charge in [0.1, 0.15) is 48.8 Å². The number of rotatable bonds is 22. The molecule has 6 aromatic carbocycles. The molecule has 10 atom stereocenters. The van der Waals surface area contributed by atoms with E-state index in [0.717, 1.165) is 33.4 Å². The molecule has 0 saturated carbocycles. The van der Waals surface area contributed by atoms with Gasteiger partial charge in [-0.2, -0.15) is 0 Å². The van der Waals surface area contributed by atoms with Gasteiger partial charge in [0.15, 0.2) is 12.6 Å². The van der Waals surface area contributed by atoms with Crippen molar-refractivity contribution in [3.05, 3.63) is 215 Å². The Kier molecular flexibility index (Phi) is 17.4. The molecule has 65 heavy (non-hydrogen) atoms. The van der Waals surface area contributed by atoms with Crippen LogP contribution in [0.3, 0.4) is 0 Å². The van der Waals surface area contributed by atoms with Crippen molar-refractivity contribution in [3.8, 4) is 0 Å². The highest BCUT2D eigenvalue weighted by Crippen LogP contribution is 2.33. The van der Waals surface area contributed by atoms with Gasteiger partial charge < -0.3 is 52.8 Å². The first kappa shape index (κ1) is 46.4. The second-order valence-corrected chi connectivity index (χ2v) is 16.2. The van der Waals surface area contributed by atoms with E-state index in [1.165, 1.54) is 0 Å². The molecule has 2 saturated heterocycles. The summed E-state index contributed by atoms with van der Waals surface area (Å²) in [6, 6.07) is 58.8. The molecule has 2 aliphatic heterocycles. The van der Waals surface area contributed by atoms with Crippen LogP contribution in [0, 0.1) is 0 Å². The Bertz CT molecular complexity index is 2210. The van der Waals surface area contributed by atoms with E-state index < -0.39 is 61.4 Å². The van der Waals surface area contributed by atoms with Crippen LogP contribution in [0.15, 0.2) is 182 Å². The van der Waals surface area contributed by atoms with Gasteiger partial charge in [-0.25, -0.2) is 0 Å². The summed E-state index contributed by atoms with van der Waals surface area (Å²) in [6.07, 6.45) is -9.77. The third-order valence-corrected chi connectivity index (χ3v) is 11.5. The summed E-state index contributed by atoms with van der Waals surface area (Å²) >= 11 is 0. The summed E-state index contributed by atoms with van der Waals surface area (Å²) in [7, 11) is 0. The van der Waals surface area contributed by atoms with Gasteiger partial charge in [-0.05, 0) is 33.4 Å². The van der Waals surface area contributed by atoms with Crippen molar-refractivity contribution in [3.63, 3.8) is 0 Å². The normalized spacial score (nSPS) is 25.6. The molecule has 6 aromatic rings. The van der Waals surface area contributed by atoms with Crippen LogP contribution in [0.2, 0.25) is 0 Å². The Morgan fingerprint density at radius 2 is 0.646 bits per heavy atom. The van der Waals surface area contributed by atoms with Crippen LogP contribution < -0.4 is 0 Å². The topological polar surface area (TPSA) is 124 Å². The van der Waals surface area contributed by atoms with Gasteiger partial charge in [0.25, 0.3) is 0 Å². The van der Waals surface area contributed by atoms with E-state index >= 15 is 0 Å². The molecule has 2 fully saturated rings. The summed E-state index contributed by atoms with van der Waals surface area (Å²) in [4.78, 5) is 0. The Labute approximate surface area is 381 Å². The van der Waals surface area contributed by atoms with Crippen LogP contribution in [-0.4, -0.2) is 84.8 Å². The molecule has 0 aromatic heterocycles. The predicted molar refractivity (Wildman–Crippen MR) is 243 cm³/mol. The first-order valence-corrected chi connectivity index (χ1v) is 22.3. The number of hydrogen-bond donors (Lipinski definition) is 2. The molecule has 0 bridgehead atoms. The van der Waals surface area contributed by atoms with Crippen LogP contribution in [0.1, 0.15) is 33.4 Å². The third-order valence-electron chi connectivity index (χ3n) is 11.5. The lowest BCUT2D eigenvalue weighted by Crippen LogP contribution is -2.63. The molecule has 2 aliphatic rings. The standard InChI is InChI=1S/C54H58O11/c55-47-50(60-34-42-25-13-4-14-26-42)48(58-32-40-21-9-2-10-22-40)45(37-57-31-39-19-7-1-8-20-39)65-54(47)63-38-46-49(59-33-41-23-11-3-12-24-41)51(61-35-43-27-15-5-16-28-43)52(53(56)64-46)62-36-44-29-17-6-18-30-44/h1-30,45-56H,31-38H2/t45-,46-,47-,48+,49-,50-,51+,52-,53-,54-/m1/s1. The Morgan fingerprint density at radius 1 is 0.323 bits per heavy atom. The van der Waals surface area contributed by atoms with E-state index in [1.807, 2.05) is 182 Å². The van der Waals surface area contributed by atoms with Gasteiger partial charge in [0, 0.05) is 0 Å². The largest absolute Gasteiger partial charge is 0.385 e. The summed E-state index contributed by atoms with van der Waals surface area (Å²) in [5.74, 6) is 0. The quantitative estimate of drug-likeness (QED) is 0.0691. The third kappa shape index (κ3) is 13.5. The lowest BCUT2D eigenvalue weighted by molar-refractivity contribution is -0.344. The number of aliphatic hydroxyl groups excluding tert-OH is 2. The molecule has 0 unspecified atom stereocenters. The van der Waals surface area contributed by atoms with Crippen molar-refractivity contribution in [1.82, 2.24) is 0 Å². The minimum Gasteiger partial charge on any atom is -0.385 e. The van der Waals surface area contributed by atoms with E-state index in [-0.39, 0.29) is 46.2 Å². The van der Waals surface area contributed by atoms with E-state index in [0.29, 0.717) is 6.61 Å². The van der Waals surface area contributed by atoms with Gasteiger partial charge in [0.05, 0.1) is 52.9 Å². The lowest BCUT2D eigenvalue weighted by Gasteiger charge is -2.46. The van der Waals surface area contributed by atoms with Crippen LogP contribution in [0.5, 0.6) is 0 Å². The molecular formula is C54H58O11. The second kappa shape index (κ2) is 24.4. The van der Waals surface area contributed by atoms with E-state index in [2.05, 4.69) is 0 Å². The first-order valence-electron chi connectivity index (χ1n) is 22.3. The molecule has 340 valence electrons. The minimum atomic E-state index is -1.42. The first-order chi connectivity index (χ1) is 32.1. The molecule has 0 amide bonds. The van der Waals surface area contributed by atoms with E-state index in [9.17, 15) is 10.2 Å². The zero-order valence-electron chi connectivity index (χ0n) is 36.3. The fourth-order valence-electron chi connectivity index (χ4n) is 8.05. The maximum absolute atomic E-state index is 12.2. The zero-order chi connectivity index (χ0) is 44.5. The Balaban J connectivity index is 1.05. The number of ether oxygens (including phenoxy) is 9. The predicted octanol–water partition coefficient (Wildman–Crippen LogP) is 7.95. The molecule has 2 N–H and O–H groups in total. The maximum atomic E-state index is 12.2. The molecular weight excluding hydrogens is 825 g/mol. The van der Waals surface area contributed by atoms with E-state index in [4.69, 9.17) is 42.6 Å². The van der Waals surface area contributed by atoms with Crippen molar-refractivity contribution in [2.45, 2.75) is 101 Å². The highest BCUT2D eigenvalue weighted by atomic mass is 16.7. The smallest absolute Gasteiger partial charge is 0.186 e. The van der Waals surface area contributed by atoms with Gasteiger partial charge in [0.2, 0.25) is 0 Å². The van der Waals surface area contributed by atoms with Crippen molar-refractivity contribution >= 4 is 0 Å². The Hall–Kier alpha value is -5.12. The van der Waals surface area contributed by atoms with Crippen LogP contribution in [0.4, 0.5) is 0 Å². The Morgan fingerprint density at radius 3 is 1.06 bits per heavy atom. The highest BCUT2D eigenvalue weighted by molar-refractivity contribution is 5.18. The van der Waals surface area contributed by atoms with Gasteiger partial charge in [-0.1, -0.05) is 182 Å². The molecule has 8 rings (SSSR count). The fraction of sp³-hybridized carbons (Fsp3) is 0.333.